The SMILES string of the molecule is CCCCc1ccc(C=CCOC(C)=O)cc1. The van der Waals surface area contributed by atoms with Crippen molar-refractivity contribution < 1.29 is 9.53 Å². The Morgan fingerprint density at radius 3 is 2.59 bits per heavy atom. The zero-order valence-corrected chi connectivity index (χ0v) is 10.6. The minimum absolute atomic E-state index is 0.246. The molecule has 0 aliphatic rings. The van der Waals surface area contributed by atoms with Crippen molar-refractivity contribution in [1.29, 1.82) is 0 Å². The number of hydrogen-bond donors (Lipinski definition) is 0. The van der Waals surface area contributed by atoms with Crippen LogP contribution in [-0.4, -0.2) is 12.6 Å². The molecule has 17 heavy (non-hydrogen) atoms. The third kappa shape index (κ3) is 5.91. The number of esters is 1. The highest BCUT2D eigenvalue weighted by Gasteiger charge is 1.92. The second kappa shape index (κ2) is 7.66. The Labute approximate surface area is 103 Å². The van der Waals surface area contributed by atoms with E-state index in [0.29, 0.717) is 6.61 Å². The van der Waals surface area contributed by atoms with Gasteiger partial charge in [-0.2, -0.15) is 0 Å². The minimum Gasteiger partial charge on any atom is -0.462 e. The van der Waals surface area contributed by atoms with Crippen LogP contribution in [0, 0.1) is 0 Å². The molecule has 1 rings (SSSR count). The smallest absolute Gasteiger partial charge is 0.302 e. The van der Waals surface area contributed by atoms with Crippen molar-refractivity contribution in [2.75, 3.05) is 6.61 Å². The van der Waals surface area contributed by atoms with Gasteiger partial charge < -0.3 is 4.74 Å². The third-order valence-electron chi connectivity index (χ3n) is 2.49. The van der Waals surface area contributed by atoms with Gasteiger partial charge in [-0.3, -0.25) is 4.79 Å². The molecule has 92 valence electrons. The van der Waals surface area contributed by atoms with E-state index in [4.69, 9.17) is 4.74 Å². The summed E-state index contributed by atoms with van der Waals surface area (Å²) in [5.41, 5.74) is 2.52. The van der Waals surface area contributed by atoms with Crippen molar-refractivity contribution in [1.82, 2.24) is 0 Å². The molecular formula is C15H20O2. The molecule has 0 saturated heterocycles. The lowest BCUT2D eigenvalue weighted by Crippen LogP contribution is -1.97. The highest BCUT2D eigenvalue weighted by Crippen LogP contribution is 2.09. The maximum atomic E-state index is 10.5. The summed E-state index contributed by atoms with van der Waals surface area (Å²) in [4.78, 5) is 10.5. The quantitative estimate of drug-likeness (QED) is 0.700. The lowest BCUT2D eigenvalue weighted by atomic mass is 10.1. The molecular weight excluding hydrogens is 212 g/mol. The number of hydrogen-bond acceptors (Lipinski definition) is 2. The van der Waals surface area contributed by atoms with Crippen molar-refractivity contribution in [2.24, 2.45) is 0 Å². The van der Waals surface area contributed by atoms with Crippen LogP contribution in [0.2, 0.25) is 0 Å². The minimum atomic E-state index is -0.246. The maximum absolute atomic E-state index is 10.5. The van der Waals surface area contributed by atoms with E-state index in [0.717, 1.165) is 12.0 Å². The van der Waals surface area contributed by atoms with Gasteiger partial charge in [0.15, 0.2) is 0 Å². The maximum Gasteiger partial charge on any atom is 0.302 e. The van der Waals surface area contributed by atoms with Crippen LogP contribution >= 0.6 is 0 Å². The van der Waals surface area contributed by atoms with Crippen molar-refractivity contribution in [3.8, 4) is 0 Å². The van der Waals surface area contributed by atoms with Gasteiger partial charge in [-0.05, 0) is 30.0 Å². The molecule has 0 fully saturated rings. The highest BCUT2D eigenvalue weighted by atomic mass is 16.5. The summed E-state index contributed by atoms with van der Waals surface area (Å²) in [7, 11) is 0. The van der Waals surface area contributed by atoms with Crippen molar-refractivity contribution in [2.45, 2.75) is 33.1 Å². The number of carbonyl (C=O) groups excluding carboxylic acids is 1. The van der Waals surface area contributed by atoms with E-state index in [1.165, 1.54) is 25.3 Å². The van der Waals surface area contributed by atoms with Crippen LogP contribution in [-0.2, 0) is 16.0 Å². The number of aryl methyl sites for hydroxylation is 1. The van der Waals surface area contributed by atoms with Crippen LogP contribution in [0.5, 0.6) is 0 Å². The average molecular weight is 232 g/mol. The fraction of sp³-hybridized carbons (Fsp3) is 0.400. The van der Waals surface area contributed by atoms with Crippen LogP contribution in [0.1, 0.15) is 37.8 Å². The topological polar surface area (TPSA) is 26.3 Å². The Bertz CT molecular complexity index is 363. The molecule has 0 aliphatic heterocycles. The van der Waals surface area contributed by atoms with E-state index >= 15 is 0 Å². The van der Waals surface area contributed by atoms with Crippen molar-refractivity contribution in [3.05, 3.63) is 41.5 Å². The molecule has 2 heteroatoms. The molecule has 0 heterocycles. The Morgan fingerprint density at radius 1 is 1.29 bits per heavy atom. The van der Waals surface area contributed by atoms with E-state index in [-0.39, 0.29) is 5.97 Å². The first-order valence-electron chi connectivity index (χ1n) is 6.11. The predicted octanol–water partition coefficient (Wildman–Crippen LogP) is 3.61. The molecule has 0 aromatic heterocycles. The van der Waals surface area contributed by atoms with Crippen LogP contribution < -0.4 is 0 Å². The van der Waals surface area contributed by atoms with Gasteiger partial charge in [0.1, 0.15) is 6.61 Å². The van der Waals surface area contributed by atoms with Gasteiger partial charge >= 0.3 is 5.97 Å². The van der Waals surface area contributed by atoms with E-state index in [1.807, 2.05) is 12.2 Å². The molecule has 0 bridgehead atoms. The standard InChI is InChI=1S/C15H20O2/c1-3-4-6-14-8-10-15(11-9-14)7-5-12-17-13(2)16/h5,7-11H,3-4,6,12H2,1-2H3. The monoisotopic (exact) mass is 232 g/mol. The molecule has 1 aromatic rings. The normalized spacial score (nSPS) is 10.7. The number of carbonyl (C=O) groups is 1. The summed E-state index contributed by atoms with van der Waals surface area (Å²) in [6.07, 6.45) is 7.43. The lowest BCUT2D eigenvalue weighted by molar-refractivity contribution is -0.139. The van der Waals surface area contributed by atoms with E-state index < -0.39 is 0 Å². The molecule has 1 aromatic carbocycles. The van der Waals surface area contributed by atoms with E-state index in [2.05, 4.69) is 31.2 Å². The molecule has 0 N–H and O–H groups in total. The molecule has 0 spiro atoms. The molecule has 0 radical (unpaired) electrons. The summed E-state index contributed by atoms with van der Waals surface area (Å²) in [5, 5.41) is 0. The Balaban J connectivity index is 2.42. The van der Waals surface area contributed by atoms with Crippen LogP contribution in [0.3, 0.4) is 0 Å². The van der Waals surface area contributed by atoms with Gasteiger partial charge in [0, 0.05) is 6.92 Å². The summed E-state index contributed by atoms with van der Waals surface area (Å²) < 4.78 is 4.81. The zero-order valence-electron chi connectivity index (χ0n) is 10.6. The summed E-state index contributed by atoms with van der Waals surface area (Å²) in [6.45, 7) is 3.95. The fourth-order valence-corrected chi connectivity index (χ4v) is 1.53. The molecule has 0 amide bonds. The summed E-state index contributed by atoms with van der Waals surface area (Å²) in [5.74, 6) is -0.246. The van der Waals surface area contributed by atoms with Gasteiger partial charge in [0.25, 0.3) is 0 Å². The summed E-state index contributed by atoms with van der Waals surface area (Å²) >= 11 is 0. The fourth-order valence-electron chi connectivity index (χ4n) is 1.53. The predicted molar refractivity (Wildman–Crippen MR) is 70.7 cm³/mol. The van der Waals surface area contributed by atoms with Gasteiger partial charge in [-0.1, -0.05) is 43.7 Å². The van der Waals surface area contributed by atoms with Crippen LogP contribution in [0.25, 0.3) is 6.08 Å². The Morgan fingerprint density at radius 2 is 2.00 bits per heavy atom. The van der Waals surface area contributed by atoms with Crippen molar-refractivity contribution >= 4 is 12.0 Å². The largest absolute Gasteiger partial charge is 0.462 e. The van der Waals surface area contributed by atoms with Gasteiger partial charge in [-0.15, -0.1) is 0 Å². The number of unbranched alkanes of at least 4 members (excludes halogenated alkanes) is 1. The van der Waals surface area contributed by atoms with Crippen LogP contribution in [0.15, 0.2) is 30.3 Å². The molecule has 0 aliphatic carbocycles. The van der Waals surface area contributed by atoms with Gasteiger partial charge in [-0.25, -0.2) is 0 Å². The second-order valence-corrected chi connectivity index (χ2v) is 4.05. The second-order valence-electron chi connectivity index (χ2n) is 4.05. The first-order chi connectivity index (χ1) is 8.22. The number of ether oxygens (including phenoxy) is 1. The van der Waals surface area contributed by atoms with Crippen LogP contribution in [0.4, 0.5) is 0 Å². The Hall–Kier alpha value is -1.57. The van der Waals surface area contributed by atoms with Gasteiger partial charge in [0.05, 0.1) is 0 Å². The third-order valence-corrected chi connectivity index (χ3v) is 2.49. The number of benzene rings is 1. The highest BCUT2D eigenvalue weighted by molar-refractivity contribution is 5.66. The molecule has 0 unspecified atom stereocenters. The molecule has 0 atom stereocenters. The van der Waals surface area contributed by atoms with E-state index in [1.54, 1.807) is 0 Å². The molecule has 2 nitrogen and oxygen atoms in total. The zero-order chi connectivity index (χ0) is 12.5. The molecule has 0 saturated carbocycles. The number of rotatable bonds is 6. The van der Waals surface area contributed by atoms with E-state index in [9.17, 15) is 4.79 Å². The van der Waals surface area contributed by atoms with Gasteiger partial charge in [0.2, 0.25) is 0 Å². The van der Waals surface area contributed by atoms with Crippen molar-refractivity contribution in [3.63, 3.8) is 0 Å². The first kappa shape index (κ1) is 13.5. The lowest BCUT2D eigenvalue weighted by Gasteiger charge is -2.00. The summed E-state index contributed by atoms with van der Waals surface area (Å²) in [6, 6.07) is 8.49. The average Bonchev–Trinajstić information content (AvgIpc) is 2.33. The Kier molecular flexibility index (Phi) is 6.08. The first-order valence-corrected chi connectivity index (χ1v) is 6.11.